The van der Waals surface area contributed by atoms with E-state index in [1.807, 2.05) is 18.2 Å². The van der Waals surface area contributed by atoms with Crippen LogP contribution < -0.4 is 21.4 Å². The average molecular weight is 623 g/mol. The zero-order valence-electron chi connectivity index (χ0n) is 25.8. The average Bonchev–Trinajstić information content (AvgIpc) is 3.65. The minimum Gasteiger partial charge on any atom is -0.399 e. The number of benzene rings is 3. The lowest BCUT2D eigenvalue weighted by atomic mass is 10.1. The maximum atomic E-state index is 12.9. The number of carbonyl (C=O) groups excluding carboxylic acids is 1. The third kappa shape index (κ3) is 5.58. The molecule has 4 atom stereocenters. The normalized spacial score (nSPS) is 20.4. The zero-order chi connectivity index (χ0) is 31.6. The first-order chi connectivity index (χ1) is 21.8. The van der Waals surface area contributed by atoms with Gasteiger partial charge >= 0.3 is 0 Å². The van der Waals surface area contributed by atoms with Crippen LogP contribution in [0.3, 0.4) is 0 Å². The molecule has 0 bridgehead atoms. The summed E-state index contributed by atoms with van der Waals surface area (Å²) in [5.41, 5.74) is 7.80. The molecule has 3 aromatic carbocycles. The quantitative estimate of drug-likeness (QED) is 0.237. The summed E-state index contributed by atoms with van der Waals surface area (Å²) in [6, 6.07) is 29.8. The summed E-state index contributed by atoms with van der Waals surface area (Å²) in [6.45, 7) is 6.92. The highest BCUT2D eigenvalue weighted by atomic mass is 28.4. The first-order valence-corrected chi connectivity index (χ1v) is 16.9. The molecule has 0 spiro atoms. The van der Waals surface area contributed by atoms with Gasteiger partial charge in [0.1, 0.15) is 24.6 Å². The van der Waals surface area contributed by atoms with Gasteiger partial charge in [-0.2, -0.15) is 0 Å². The Morgan fingerprint density at radius 1 is 0.911 bits per heavy atom. The molecule has 0 unspecified atom stereocenters. The Bertz CT molecular complexity index is 1710. The number of hydrogen-bond donors (Lipinski definition) is 2. The topological polar surface area (TPSA) is 126 Å². The number of methoxy groups -OCH3 is 1. The van der Waals surface area contributed by atoms with Crippen molar-refractivity contribution < 1.29 is 18.7 Å². The summed E-state index contributed by atoms with van der Waals surface area (Å²) in [5, 5.41) is 4.91. The lowest BCUT2D eigenvalue weighted by Gasteiger charge is -2.45. The third-order valence-electron chi connectivity index (χ3n) is 8.42. The minimum atomic E-state index is -2.97. The summed E-state index contributed by atoms with van der Waals surface area (Å²) < 4.78 is 22.1. The number of aromatic nitrogens is 4. The van der Waals surface area contributed by atoms with Gasteiger partial charge in [-0.1, -0.05) is 99.6 Å². The van der Waals surface area contributed by atoms with E-state index in [0.29, 0.717) is 22.5 Å². The van der Waals surface area contributed by atoms with Crippen molar-refractivity contribution in [3.05, 3.63) is 109 Å². The molecule has 0 saturated carbocycles. The number of amides is 1. The predicted molar refractivity (Wildman–Crippen MR) is 176 cm³/mol. The van der Waals surface area contributed by atoms with Gasteiger partial charge in [-0.15, -0.1) is 0 Å². The van der Waals surface area contributed by atoms with E-state index < -0.39 is 32.9 Å². The van der Waals surface area contributed by atoms with Crippen molar-refractivity contribution in [1.29, 1.82) is 0 Å². The highest BCUT2D eigenvalue weighted by molar-refractivity contribution is 6.99. The number of nitrogens with two attached hydrogens (primary N) is 1. The second-order valence-electron chi connectivity index (χ2n) is 12.1. The van der Waals surface area contributed by atoms with E-state index in [1.54, 1.807) is 42.3 Å². The molecular formula is C34H38N6O4Si. The number of rotatable bonds is 9. The molecule has 1 amide bonds. The molecular weight excluding hydrogens is 584 g/mol. The third-order valence-corrected chi connectivity index (χ3v) is 13.5. The highest BCUT2D eigenvalue weighted by Gasteiger charge is 2.56. The van der Waals surface area contributed by atoms with Gasteiger partial charge in [0.05, 0.1) is 6.33 Å². The standard InChI is InChI=1S/C34H38N6O4Si/c1-34(2,3)45(24-16-10-6-11-17-24,25-18-12-7-13-19-25)44-28-26(20-35)43-33(29(28)42-4)40-22-38-27-30(36-21-37-31(27)40)39-32(41)23-14-8-5-9-15-23/h5-19,21-22,26,28-29,33H,20,35H2,1-4H3,(H,36,37,39,41)/t26-,28-,29-,33-/m1/s1. The number of carbonyl (C=O) groups is 1. The molecule has 1 fully saturated rings. The fourth-order valence-corrected chi connectivity index (χ4v) is 11.0. The van der Waals surface area contributed by atoms with E-state index in [4.69, 9.17) is 19.6 Å². The molecule has 45 heavy (non-hydrogen) atoms. The van der Waals surface area contributed by atoms with E-state index in [9.17, 15) is 4.79 Å². The molecule has 3 N–H and O–H groups in total. The summed E-state index contributed by atoms with van der Waals surface area (Å²) >= 11 is 0. The van der Waals surface area contributed by atoms with Crippen LogP contribution in [0.1, 0.15) is 37.4 Å². The SMILES string of the molecule is CO[C@@H]1[C@H](O[Si](c2ccccc2)(c2ccccc2)C(C)(C)C)[C@@H](CN)O[C@H]1n1cnc2c(NC(=O)c3ccccc3)ncnc21. The fraction of sp³-hybridized carbons (Fsp3) is 0.294. The van der Waals surface area contributed by atoms with Crippen molar-refractivity contribution >= 4 is 41.6 Å². The fourth-order valence-electron chi connectivity index (χ4n) is 6.31. The first-order valence-electron chi connectivity index (χ1n) is 15.0. The summed E-state index contributed by atoms with van der Waals surface area (Å²) in [6.07, 6.45) is 0.854. The van der Waals surface area contributed by atoms with Crippen LogP contribution in [0.4, 0.5) is 5.82 Å². The van der Waals surface area contributed by atoms with E-state index in [2.05, 4.69) is 89.6 Å². The van der Waals surface area contributed by atoms with E-state index >= 15 is 0 Å². The van der Waals surface area contributed by atoms with E-state index in [1.165, 1.54) is 6.33 Å². The molecule has 232 valence electrons. The molecule has 1 saturated heterocycles. The summed E-state index contributed by atoms with van der Waals surface area (Å²) in [7, 11) is -1.32. The number of nitrogens with one attached hydrogen (secondary N) is 1. The van der Waals surface area contributed by atoms with Crippen molar-refractivity contribution in [3.8, 4) is 0 Å². The zero-order valence-corrected chi connectivity index (χ0v) is 26.8. The van der Waals surface area contributed by atoms with Crippen molar-refractivity contribution in [2.24, 2.45) is 5.73 Å². The van der Waals surface area contributed by atoms with Crippen molar-refractivity contribution in [2.75, 3.05) is 19.0 Å². The van der Waals surface area contributed by atoms with Crippen LogP contribution in [0.5, 0.6) is 0 Å². The molecule has 6 rings (SSSR count). The van der Waals surface area contributed by atoms with Gasteiger partial charge in [-0.25, -0.2) is 15.0 Å². The van der Waals surface area contributed by atoms with E-state index in [0.717, 1.165) is 10.4 Å². The summed E-state index contributed by atoms with van der Waals surface area (Å²) in [5.74, 6) is 0.00838. The molecule has 1 aliphatic heterocycles. The minimum absolute atomic E-state index is 0.221. The van der Waals surface area contributed by atoms with Crippen LogP contribution in [-0.4, -0.2) is 65.7 Å². The van der Waals surface area contributed by atoms with Gasteiger partial charge in [0.2, 0.25) is 0 Å². The monoisotopic (exact) mass is 622 g/mol. The number of ether oxygens (including phenoxy) is 2. The number of hydrogen-bond acceptors (Lipinski definition) is 8. The molecule has 0 aliphatic carbocycles. The molecule has 3 heterocycles. The van der Waals surface area contributed by atoms with Crippen LogP contribution in [0.2, 0.25) is 5.04 Å². The maximum absolute atomic E-state index is 12.9. The number of fused-ring (bicyclic) bond motifs is 1. The lowest BCUT2D eigenvalue weighted by molar-refractivity contribution is -0.0476. The van der Waals surface area contributed by atoms with Gasteiger partial charge in [-0.05, 0) is 27.5 Å². The van der Waals surface area contributed by atoms with Crippen molar-refractivity contribution in [1.82, 2.24) is 19.5 Å². The predicted octanol–water partition coefficient (Wildman–Crippen LogP) is 3.89. The van der Waals surface area contributed by atoms with E-state index in [-0.39, 0.29) is 17.5 Å². The van der Waals surface area contributed by atoms with Crippen LogP contribution in [0, 0.1) is 0 Å². The molecule has 2 aromatic heterocycles. The molecule has 1 aliphatic rings. The summed E-state index contributed by atoms with van der Waals surface area (Å²) in [4.78, 5) is 26.3. The van der Waals surface area contributed by atoms with Gasteiger partial charge in [0.25, 0.3) is 14.2 Å². The molecule has 11 heteroatoms. The second-order valence-corrected chi connectivity index (χ2v) is 16.4. The smallest absolute Gasteiger partial charge is 0.261 e. The first kappa shape index (κ1) is 30.7. The maximum Gasteiger partial charge on any atom is 0.261 e. The second kappa shape index (κ2) is 12.6. The van der Waals surface area contributed by atoms with Gasteiger partial charge < -0.3 is 25.0 Å². The highest BCUT2D eigenvalue weighted by Crippen LogP contribution is 2.42. The van der Waals surface area contributed by atoms with Crippen LogP contribution >= 0.6 is 0 Å². The van der Waals surface area contributed by atoms with Gasteiger partial charge in [-0.3, -0.25) is 9.36 Å². The molecule has 10 nitrogen and oxygen atoms in total. The van der Waals surface area contributed by atoms with Crippen LogP contribution in [-0.2, 0) is 13.9 Å². The molecule has 0 radical (unpaired) electrons. The Hall–Kier alpha value is -4.26. The Balaban J connectivity index is 1.39. The Labute approximate surface area is 263 Å². The molecule has 5 aromatic rings. The largest absolute Gasteiger partial charge is 0.399 e. The van der Waals surface area contributed by atoms with Crippen molar-refractivity contribution in [3.63, 3.8) is 0 Å². The van der Waals surface area contributed by atoms with Crippen molar-refractivity contribution in [2.45, 2.75) is 50.3 Å². The Morgan fingerprint density at radius 3 is 2.07 bits per heavy atom. The lowest BCUT2D eigenvalue weighted by Crippen LogP contribution is -2.69. The number of nitrogens with zero attached hydrogens (tertiary/aromatic N) is 4. The Morgan fingerprint density at radius 2 is 1.51 bits per heavy atom. The number of imidazole rings is 1. The van der Waals surface area contributed by atoms with Gasteiger partial charge in [0.15, 0.2) is 23.2 Å². The van der Waals surface area contributed by atoms with Crippen LogP contribution in [0.25, 0.3) is 11.2 Å². The van der Waals surface area contributed by atoms with Gasteiger partial charge in [0, 0.05) is 19.2 Å². The Kier molecular flexibility index (Phi) is 8.62. The number of anilines is 1. The van der Waals surface area contributed by atoms with Crippen LogP contribution in [0.15, 0.2) is 104 Å².